The molecule has 0 radical (unpaired) electrons. The van der Waals surface area contributed by atoms with Gasteiger partial charge in [0.1, 0.15) is 0 Å². The average molecular weight is 203 g/mol. The second-order valence-electron chi connectivity index (χ2n) is 3.76. The number of allylic oxidation sites excluding steroid dienone is 6. The fourth-order valence-corrected chi connectivity index (χ4v) is 1.48. The number of ketones is 1. The maximum atomic E-state index is 10.9. The maximum Gasteiger partial charge on any atom is 0.154 e. The predicted molar refractivity (Wildman–Crippen MR) is 63.4 cm³/mol. The number of hydrogen-bond donors (Lipinski definition) is 1. The normalized spacial score (nSPS) is 20.9. The van der Waals surface area contributed by atoms with Gasteiger partial charge in [0.2, 0.25) is 0 Å². The van der Waals surface area contributed by atoms with Gasteiger partial charge in [-0.05, 0) is 26.8 Å². The Hall–Kier alpha value is -1.57. The Bertz CT molecular complexity index is 359. The molecule has 2 nitrogen and oxygen atoms in total. The van der Waals surface area contributed by atoms with Crippen LogP contribution in [0.5, 0.6) is 0 Å². The number of carbonyl (C=O) groups is 1. The van der Waals surface area contributed by atoms with Crippen molar-refractivity contribution in [1.82, 2.24) is 5.32 Å². The number of rotatable bonds is 3. The molecule has 15 heavy (non-hydrogen) atoms. The van der Waals surface area contributed by atoms with Gasteiger partial charge in [-0.3, -0.25) is 4.79 Å². The van der Waals surface area contributed by atoms with E-state index < -0.39 is 0 Å². The summed E-state index contributed by atoms with van der Waals surface area (Å²) in [5.41, 5.74) is 2.11. The van der Waals surface area contributed by atoms with Crippen LogP contribution in [0.2, 0.25) is 0 Å². The molecule has 0 spiro atoms. The number of nitrogens with one attached hydrogen (secondary N) is 1. The second-order valence-corrected chi connectivity index (χ2v) is 3.76. The molecule has 0 saturated heterocycles. The molecule has 0 amide bonds. The third-order valence-electron chi connectivity index (χ3n) is 2.05. The standard InChI is InChI=1S/C13H17NO/c1-10-6-4-5-7-13(8-10)14-11(2)9-12(3)15/h4-9,13-14H,1-3H3/b11-9-. The Balaban J connectivity index is 2.67. The molecule has 0 saturated carbocycles. The molecular weight excluding hydrogens is 186 g/mol. The Morgan fingerprint density at radius 1 is 1.40 bits per heavy atom. The van der Waals surface area contributed by atoms with Crippen LogP contribution < -0.4 is 5.32 Å². The van der Waals surface area contributed by atoms with Crippen molar-refractivity contribution in [3.8, 4) is 0 Å². The first-order chi connectivity index (χ1) is 7.08. The summed E-state index contributed by atoms with van der Waals surface area (Å²) >= 11 is 0. The molecule has 0 bridgehead atoms. The lowest BCUT2D eigenvalue weighted by molar-refractivity contribution is -0.112. The van der Waals surface area contributed by atoms with Gasteiger partial charge in [-0.1, -0.05) is 36.0 Å². The summed E-state index contributed by atoms with van der Waals surface area (Å²) in [7, 11) is 0. The van der Waals surface area contributed by atoms with Crippen LogP contribution in [-0.2, 0) is 4.79 Å². The number of hydrogen-bond acceptors (Lipinski definition) is 2. The van der Waals surface area contributed by atoms with E-state index >= 15 is 0 Å². The van der Waals surface area contributed by atoms with Crippen LogP contribution in [-0.4, -0.2) is 11.8 Å². The van der Waals surface area contributed by atoms with Gasteiger partial charge in [-0.2, -0.15) is 0 Å². The molecule has 1 atom stereocenters. The zero-order valence-corrected chi connectivity index (χ0v) is 9.45. The minimum absolute atomic E-state index is 0.0661. The quantitative estimate of drug-likeness (QED) is 0.714. The predicted octanol–water partition coefficient (Wildman–Crippen LogP) is 2.51. The first kappa shape index (κ1) is 11.5. The van der Waals surface area contributed by atoms with E-state index in [1.807, 2.05) is 19.1 Å². The van der Waals surface area contributed by atoms with Crippen molar-refractivity contribution in [2.45, 2.75) is 26.8 Å². The highest BCUT2D eigenvalue weighted by atomic mass is 16.1. The van der Waals surface area contributed by atoms with Crippen LogP contribution in [0.4, 0.5) is 0 Å². The van der Waals surface area contributed by atoms with E-state index in [1.165, 1.54) is 5.57 Å². The van der Waals surface area contributed by atoms with Gasteiger partial charge < -0.3 is 5.32 Å². The van der Waals surface area contributed by atoms with Gasteiger partial charge in [0.25, 0.3) is 0 Å². The molecule has 0 heterocycles. The lowest BCUT2D eigenvalue weighted by Crippen LogP contribution is -2.23. The molecule has 1 rings (SSSR count). The average Bonchev–Trinajstić information content (AvgIpc) is 2.28. The summed E-state index contributed by atoms with van der Waals surface area (Å²) in [6.45, 7) is 5.51. The smallest absolute Gasteiger partial charge is 0.154 e. The summed E-state index contributed by atoms with van der Waals surface area (Å²) in [6, 6.07) is 0.163. The highest BCUT2D eigenvalue weighted by molar-refractivity contribution is 5.87. The fourth-order valence-electron chi connectivity index (χ4n) is 1.48. The molecule has 1 aliphatic rings. The summed E-state index contributed by atoms with van der Waals surface area (Å²) in [6.07, 6.45) is 11.9. The summed E-state index contributed by atoms with van der Waals surface area (Å²) in [5, 5.41) is 3.26. The molecule has 80 valence electrons. The SMILES string of the molecule is CC(=O)/C=C(/C)NC1C=CC=CC(C)=C1. The molecule has 0 aliphatic heterocycles. The zero-order valence-electron chi connectivity index (χ0n) is 9.45. The van der Waals surface area contributed by atoms with E-state index in [1.54, 1.807) is 13.0 Å². The molecule has 1 aliphatic carbocycles. The van der Waals surface area contributed by atoms with Crippen LogP contribution in [0.1, 0.15) is 20.8 Å². The van der Waals surface area contributed by atoms with E-state index in [0.717, 1.165) is 5.70 Å². The molecule has 0 fully saturated rings. The summed E-state index contributed by atoms with van der Waals surface area (Å²) < 4.78 is 0. The summed E-state index contributed by atoms with van der Waals surface area (Å²) in [5.74, 6) is 0.0661. The fraction of sp³-hybridized carbons (Fsp3) is 0.308. The minimum atomic E-state index is 0.0661. The molecule has 1 N–H and O–H groups in total. The molecule has 2 heteroatoms. The van der Waals surface area contributed by atoms with Crippen LogP contribution in [0.3, 0.4) is 0 Å². The Labute approximate surface area is 91.1 Å². The van der Waals surface area contributed by atoms with Gasteiger partial charge >= 0.3 is 0 Å². The third kappa shape index (κ3) is 4.45. The van der Waals surface area contributed by atoms with Crippen molar-refractivity contribution in [2.75, 3.05) is 0 Å². The van der Waals surface area contributed by atoms with Gasteiger partial charge in [0.05, 0.1) is 6.04 Å². The van der Waals surface area contributed by atoms with Gasteiger partial charge in [-0.15, -0.1) is 0 Å². The van der Waals surface area contributed by atoms with E-state index in [2.05, 4.69) is 30.5 Å². The van der Waals surface area contributed by atoms with E-state index in [4.69, 9.17) is 0 Å². The van der Waals surface area contributed by atoms with Crippen molar-refractivity contribution in [2.24, 2.45) is 0 Å². The van der Waals surface area contributed by atoms with Gasteiger partial charge in [0, 0.05) is 5.70 Å². The van der Waals surface area contributed by atoms with Crippen LogP contribution in [0.15, 0.2) is 47.7 Å². The third-order valence-corrected chi connectivity index (χ3v) is 2.05. The number of carbonyl (C=O) groups excluding carboxylic acids is 1. The Morgan fingerprint density at radius 2 is 2.13 bits per heavy atom. The van der Waals surface area contributed by atoms with Crippen molar-refractivity contribution in [1.29, 1.82) is 0 Å². The molecule has 1 unspecified atom stereocenters. The lowest BCUT2D eigenvalue weighted by Gasteiger charge is -2.12. The Morgan fingerprint density at radius 3 is 2.80 bits per heavy atom. The second kappa shape index (κ2) is 5.35. The largest absolute Gasteiger partial charge is 0.379 e. The minimum Gasteiger partial charge on any atom is -0.379 e. The highest BCUT2D eigenvalue weighted by Gasteiger charge is 2.02. The van der Waals surface area contributed by atoms with Crippen LogP contribution >= 0.6 is 0 Å². The summed E-state index contributed by atoms with van der Waals surface area (Å²) in [4.78, 5) is 10.9. The van der Waals surface area contributed by atoms with Crippen molar-refractivity contribution in [3.63, 3.8) is 0 Å². The lowest BCUT2D eigenvalue weighted by atomic mass is 10.2. The van der Waals surface area contributed by atoms with E-state index in [0.29, 0.717) is 0 Å². The molecular formula is C13H17NO. The topological polar surface area (TPSA) is 29.1 Å². The van der Waals surface area contributed by atoms with E-state index in [-0.39, 0.29) is 11.8 Å². The monoisotopic (exact) mass is 203 g/mol. The van der Waals surface area contributed by atoms with Crippen molar-refractivity contribution >= 4 is 5.78 Å². The molecule has 0 aromatic carbocycles. The van der Waals surface area contributed by atoms with Crippen molar-refractivity contribution in [3.05, 3.63) is 47.7 Å². The first-order valence-electron chi connectivity index (χ1n) is 5.06. The zero-order chi connectivity index (χ0) is 11.3. The molecule has 0 aromatic heterocycles. The van der Waals surface area contributed by atoms with Gasteiger partial charge in [0.15, 0.2) is 5.78 Å². The van der Waals surface area contributed by atoms with Crippen LogP contribution in [0, 0.1) is 0 Å². The van der Waals surface area contributed by atoms with Crippen molar-refractivity contribution < 1.29 is 4.79 Å². The molecule has 0 aromatic rings. The highest BCUT2D eigenvalue weighted by Crippen LogP contribution is 2.06. The first-order valence-corrected chi connectivity index (χ1v) is 5.06. The van der Waals surface area contributed by atoms with Crippen LogP contribution in [0.25, 0.3) is 0 Å². The van der Waals surface area contributed by atoms with Gasteiger partial charge in [-0.25, -0.2) is 0 Å². The van der Waals surface area contributed by atoms with E-state index in [9.17, 15) is 4.79 Å². The Kier molecular flexibility index (Phi) is 4.10. The maximum absolute atomic E-state index is 10.9.